The van der Waals surface area contributed by atoms with E-state index >= 15 is 0 Å². The van der Waals surface area contributed by atoms with Crippen LogP contribution in [0.1, 0.15) is 11.5 Å². The molecule has 0 bridgehead atoms. The van der Waals surface area contributed by atoms with Crippen molar-refractivity contribution in [2.75, 3.05) is 5.75 Å². The van der Waals surface area contributed by atoms with E-state index in [1.54, 1.807) is 18.2 Å². The quantitative estimate of drug-likeness (QED) is 0.793. The molecule has 0 saturated heterocycles. The monoisotopic (exact) mass is 340 g/mol. The Labute approximate surface area is 132 Å². The molecule has 0 radical (unpaired) electrons. The molecule has 120 valence electrons. The molecule has 1 unspecified atom stereocenters. The van der Waals surface area contributed by atoms with Gasteiger partial charge >= 0.3 is 6.18 Å². The SMILES string of the molecule is O=c1[nH]cnc2c1ncn2SCC(c1ccccc1)C(F)(F)F. The third-order valence-electron chi connectivity index (χ3n) is 3.29. The van der Waals surface area contributed by atoms with Crippen LogP contribution in [-0.4, -0.2) is 30.9 Å². The number of hydrogen-bond acceptors (Lipinski definition) is 4. The maximum Gasteiger partial charge on any atom is 0.396 e. The van der Waals surface area contributed by atoms with E-state index < -0.39 is 17.7 Å². The van der Waals surface area contributed by atoms with Crippen LogP contribution in [0.4, 0.5) is 13.2 Å². The van der Waals surface area contributed by atoms with Gasteiger partial charge in [-0.1, -0.05) is 30.3 Å². The molecule has 3 aromatic rings. The Kier molecular flexibility index (Phi) is 4.12. The van der Waals surface area contributed by atoms with E-state index in [2.05, 4.69) is 15.0 Å². The van der Waals surface area contributed by atoms with E-state index in [4.69, 9.17) is 0 Å². The van der Waals surface area contributed by atoms with E-state index in [0.29, 0.717) is 0 Å². The molecule has 1 N–H and O–H groups in total. The number of rotatable bonds is 4. The van der Waals surface area contributed by atoms with Gasteiger partial charge in [-0.05, 0) is 17.5 Å². The van der Waals surface area contributed by atoms with Crippen LogP contribution in [0.25, 0.3) is 11.2 Å². The molecule has 0 aliphatic carbocycles. The van der Waals surface area contributed by atoms with E-state index in [0.717, 1.165) is 11.9 Å². The molecule has 0 aliphatic rings. The number of benzene rings is 1. The van der Waals surface area contributed by atoms with Crippen molar-refractivity contribution in [3.8, 4) is 0 Å². The fraction of sp³-hybridized carbons (Fsp3) is 0.214. The summed E-state index contributed by atoms with van der Waals surface area (Å²) in [7, 11) is 0. The van der Waals surface area contributed by atoms with Crippen molar-refractivity contribution in [3.63, 3.8) is 0 Å². The van der Waals surface area contributed by atoms with Crippen LogP contribution in [0.15, 0.2) is 47.8 Å². The van der Waals surface area contributed by atoms with Gasteiger partial charge in [0.25, 0.3) is 5.56 Å². The van der Waals surface area contributed by atoms with Crippen molar-refractivity contribution < 1.29 is 13.2 Å². The van der Waals surface area contributed by atoms with Crippen molar-refractivity contribution in [1.82, 2.24) is 18.9 Å². The second-order valence-electron chi connectivity index (χ2n) is 4.77. The first-order valence-electron chi connectivity index (χ1n) is 6.62. The van der Waals surface area contributed by atoms with Crippen LogP contribution in [-0.2, 0) is 0 Å². The highest BCUT2D eigenvalue weighted by atomic mass is 32.2. The normalized spacial score (nSPS) is 13.3. The van der Waals surface area contributed by atoms with Crippen LogP contribution < -0.4 is 5.56 Å². The minimum Gasteiger partial charge on any atom is -0.311 e. The highest BCUT2D eigenvalue weighted by Crippen LogP contribution is 2.37. The van der Waals surface area contributed by atoms with Gasteiger partial charge in [0.2, 0.25) is 0 Å². The van der Waals surface area contributed by atoms with Crippen LogP contribution in [0.5, 0.6) is 0 Å². The fourth-order valence-electron chi connectivity index (χ4n) is 2.14. The highest BCUT2D eigenvalue weighted by Gasteiger charge is 2.40. The van der Waals surface area contributed by atoms with E-state index in [-0.39, 0.29) is 22.5 Å². The summed E-state index contributed by atoms with van der Waals surface area (Å²) in [4.78, 5) is 21.8. The van der Waals surface area contributed by atoms with Gasteiger partial charge in [0, 0.05) is 5.75 Å². The third kappa shape index (κ3) is 3.24. The number of fused-ring (bicyclic) bond motifs is 1. The molecule has 0 fully saturated rings. The summed E-state index contributed by atoms with van der Waals surface area (Å²) < 4.78 is 41.3. The Morgan fingerprint density at radius 3 is 2.65 bits per heavy atom. The predicted octanol–water partition coefficient (Wildman–Crippen LogP) is 2.96. The van der Waals surface area contributed by atoms with Crippen LogP contribution in [0.2, 0.25) is 0 Å². The first-order chi connectivity index (χ1) is 11.0. The smallest absolute Gasteiger partial charge is 0.311 e. The standard InChI is InChI=1S/C14H11F3N4OS/c15-14(16,17)10(9-4-2-1-3-5-9)6-23-21-8-20-11-12(21)18-7-19-13(11)22/h1-5,7-8,10H,6H2,(H,18,19,22). The molecule has 1 atom stereocenters. The summed E-state index contributed by atoms with van der Waals surface area (Å²) in [6.45, 7) is 0. The summed E-state index contributed by atoms with van der Waals surface area (Å²) >= 11 is 0.914. The number of H-pyrrole nitrogens is 1. The lowest BCUT2D eigenvalue weighted by Crippen LogP contribution is -2.23. The van der Waals surface area contributed by atoms with E-state index in [1.165, 1.54) is 28.8 Å². The van der Waals surface area contributed by atoms with E-state index in [9.17, 15) is 18.0 Å². The zero-order chi connectivity index (χ0) is 16.4. The Balaban J connectivity index is 1.87. The maximum atomic E-state index is 13.3. The number of hydrogen-bond donors (Lipinski definition) is 1. The molecule has 5 nitrogen and oxygen atoms in total. The third-order valence-corrected chi connectivity index (χ3v) is 4.31. The highest BCUT2D eigenvalue weighted by molar-refractivity contribution is 7.98. The Morgan fingerprint density at radius 2 is 1.96 bits per heavy atom. The second kappa shape index (κ2) is 6.07. The van der Waals surface area contributed by atoms with Crippen LogP contribution in [0, 0.1) is 0 Å². The molecule has 0 saturated carbocycles. The fourth-order valence-corrected chi connectivity index (χ4v) is 3.20. The molecule has 9 heteroatoms. The Bertz CT molecular complexity index is 860. The molecule has 1 aromatic carbocycles. The van der Waals surface area contributed by atoms with Crippen LogP contribution >= 0.6 is 11.9 Å². The van der Waals surface area contributed by atoms with Crippen molar-refractivity contribution in [2.45, 2.75) is 12.1 Å². The van der Waals surface area contributed by atoms with Crippen molar-refractivity contribution in [3.05, 3.63) is 58.9 Å². The predicted molar refractivity (Wildman–Crippen MR) is 81.2 cm³/mol. The number of nitrogens with zero attached hydrogens (tertiary/aromatic N) is 3. The molecule has 23 heavy (non-hydrogen) atoms. The summed E-state index contributed by atoms with van der Waals surface area (Å²) in [6.07, 6.45) is -1.87. The maximum absolute atomic E-state index is 13.3. The number of imidazole rings is 1. The lowest BCUT2D eigenvalue weighted by Gasteiger charge is -2.20. The first kappa shape index (κ1) is 15.6. The number of aromatic nitrogens is 4. The molecule has 3 rings (SSSR count). The number of aromatic amines is 1. The molecule has 2 aromatic heterocycles. The molecular formula is C14H11F3N4OS. The zero-order valence-electron chi connectivity index (χ0n) is 11.6. The summed E-state index contributed by atoms with van der Waals surface area (Å²) in [5.41, 5.74) is 0.114. The van der Waals surface area contributed by atoms with Gasteiger partial charge in [-0.3, -0.25) is 8.77 Å². The average Bonchev–Trinajstić information content (AvgIpc) is 2.92. The van der Waals surface area contributed by atoms with E-state index in [1.807, 2.05) is 0 Å². The first-order valence-corrected chi connectivity index (χ1v) is 7.57. The minimum absolute atomic E-state index is 0.100. The van der Waals surface area contributed by atoms with Gasteiger partial charge in [-0.2, -0.15) is 13.2 Å². The van der Waals surface area contributed by atoms with Gasteiger partial charge in [-0.15, -0.1) is 0 Å². The van der Waals surface area contributed by atoms with Gasteiger partial charge in [0.05, 0.1) is 12.2 Å². The topological polar surface area (TPSA) is 63.6 Å². The average molecular weight is 340 g/mol. The molecule has 0 amide bonds. The number of nitrogens with one attached hydrogen (secondary N) is 1. The summed E-state index contributed by atoms with van der Waals surface area (Å²) in [5, 5.41) is 0. The van der Waals surface area contributed by atoms with Crippen molar-refractivity contribution >= 4 is 23.1 Å². The van der Waals surface area contributed by atoms with Gasteiger partial charge in [0.1, 0.15) is 6.33 Å². The molecule has 0 aliphatic heterocycles. The van der Waals surface area contributed by atoms with Crippen molar-refractivity contribution in [2.24, 2.45) is 0 Å². The van der Waals surface area contributed by atoms with Gasteiger partial charge < -0.3 is 4.98 Å². The lowest BCUT2D eigenvalue weighted by atomic mass is 10.0. The molecule has 2 heterocycles. The van der Waals surface area contributed by atoms with Crippen LogP contribution in [0.3, 0.4) is 0 Å². The lowest BCUT2D eigenvalue weighted by molar-refractivity contribution is -0.145. The van der Waals surface area contributed by atoms with Gasteiger partial charge in [-0.25, -0.2) is 9.97 Å². The number of alkyl halides is 3. The molecular weight excluding hydrogens is 329 g/mol. The van der Waals surface area contributed by atoms with Gasteiger partial charge in [0.15, 0.2) is 11.2 Å². The second-order valence-corrected chi connectivity index (χ2v) is 5.76. The van der Waals surface area contributed by atoms with Crippen molar-refractivity contribution in [1.29, 1.82) is 0 Å². The molecule has 0 spiro atoms. The number of halogens is 3. The summed E-state index contributed by atoms with van der Waals surface area (Å²) in [5.74, 6) is -1.86. The Morgan fingerprint density at radius 1 is 1.22 bits per heavy atom. The summed E-state index contributed by atoms with van der Waals surface area (Å²) in [6, 6.07) is 7.73. The Hall–Kier alpha value is -2.29. The largest absolute Gasteiger partial charge is 0.396 e. The zero-order valence-corrected chi connectivity index (χ0v) is 12.4. The minimum atomic E-state index is -4.37.